The van der Waals surface area contributed by atoms with Crippen molar-refractivity contribution in [3.8, 4) is 23.0 Å². The molecule has 3 aromatic rings. The van der Waals surface area contributed by atoms with Crippen molar-refractivity contribution in [3.05, 3.63) is 63.3 Å². The molecular weight excluding hydrogens is 570 g/mol. The Labute approximate surface area is 248 Å². The summed E-state index contributed by atoms with van der Waals surface area (Å²) < 4.78 is 21.8. The number of carbonyl (C=O) groups excluding carboxylic acids is 3. The number of ether oxygens (including phenoxy) is 4. The lowest BCUT2D eigenvalue weighted by molar-refractivity contribution is -0.127. The molecule has 1 aromatic heterocycles. The average Bonchev–Trinajstić information content (AvgIpc) is 3.47. The van der Waals surface area contributed by atoms with Crippen LogP contribution in [0.25, 0.3) is 0 Å². The minimum Gasteiger partial charge on any atom is -0.495 e. The summed E-state index contributed by atoms with van der Waals surface area (Å²) in [6, 6.07) is 10.1. The van der Waals surface area contributed by atoms with E-state index < -0.39 is 35.8 Å². The summed E-state index contributed by atoms with van der Waals surface area (Å²) in [6.45, 7) is 5.09. The monoisotopic (exact) mass is 603 g/mol. The summed E-state index contributed by atoms with van der Waals surface area (Å²) in [5.74, 6) is -0.178. The third-order valence-corrected chi connectivity index (χ3v) is 7.00. The zero-order valence-corrected chi connectivity index (χ0v) is 25.6. The first-order chi connectivity index (χ1) is 19.4. The van der Waals surface area contributed by atoms with E-state index in [9.17, 15) is 14.4 Å². The van der Waals surface area contributed by atoms with E-state index in [4.69, 9.17) is 30.5 Å². The molecule has 0 saturated carbocycles. The second-order valence-electron chi connectivity index (χ2n) is 9.84. The molecule has 220 valence electrons. The van der Waals surface area contributed by atoms with E-state index in [0.717, 1.165) is 0 Å². The van der Waals surface area contributed by atoms with Gasteiger partial charge in [0.25, 0.3) is 5.91 Å². The van der Waals surface area contributed by atoms with Gasteiger partial charge in [0, 0.05) is 11.2 Å². The summed E-state index contributed by atoms with van der Waals surface area (Å²) in [7, 11) is 5.85. The minimum absolute atomic E-state index is 0.227. The Balaban J connectivity index is 2.20. The second-order valence-corrected chi connectivity index (χ2v) is 11.2. The molecule has 1 atom stereocenters. The molecule has 2 N–H and O–H groups in total. The molecule has 1 heterocycles. The number of halogens is 1. The molecular formula is C29H34ClN3O7S. The predicted molar refractivity (Wildman–Crippen MR) is 159 cm³/mol. The molecule has 3 rings (SSSR count). The van der Waals surface area contributed by atoms with Gasteiger partial charge < -0.3 is 29.6 Å². The van der Waals surface area contributed by atoms with Gasteiger partial charge >= 0.3 is 0 Å². The van der Waals surface area contributed by atoms with Crippen molar-refractivity contribution < 1.29 is 33.3 Å². The molecule has 41 heavy (non-hydrogen) atoms. The first-order valence-electron chi connectivity index (χ1n) is 12.5. The molecule has 0 aliphatic heterocycles. The Bertz CT molecular complexity index is 1360. The van der Waals surface area contributed by atoms with Gasteiger partial charge in [-0.3, -0.25) is 19.3 Å². The standard InChI is InChI=1S/C29H34ClN3O7S/c1-29(2,3)32-28(36)25(17-13-21(38-5)26(40-7)22(14-17)39-6)33(18-10-11-20(37-4)19(30)15-18)24(34)16-31-27(35)23-9-8-12-41-23/h8-15,25H,16H2,1-7H3,(H,31,35)(H,32,36)/t25-/m1/s1. The van der Waals surface area contributed by atoms with Gasteiger partial charge in [0.05, 0.1) is 44.9 Å². The molecule has 0 bridgehead atoms. The summed E-state index contributed by atoms with van der Waals surface area (Å²) in [4.78, 5) is 42.4. The Morgan fingerprint density at radius 2 is 1.56 bits per heavy atom. The van der Waals surface area contributed by atoms with Crippen LogP contribution < -0.4 is 34.5 Å². The van der Waals surface area contributed by atoms with E-state index in [-0.39, 0.29) is 5.02 Å². The van der Waals surface area contributed by atoms with Crippen molar-refractivity contribution in [1.82, 2.24) is 10.6 Å². The van der Waals surface area contributed by atoms with Crippen molar-refractivity contribution in [2.45, 2.75) is 32.4 Å². The molecule has 0 fully saturated rings. The number of amides is 3. The van der Waals surface area contributed by atoms with Crippen LogP contribution in [0.4, 0.5) is 5.69 Å². The van der Waals surface area contributed by atoms with Crippen molar-refractivity contribution in [3.63, 3.8) is 0 Å². The maximum Gasteiger partial charge on any atom is 0.261 e. The highest BCUT2D eigenvalue weighted by Crippen LogP contribution is 2.42. The molecule has 3 amide bonds. The number of benzene rings is 2. The Morgan fingerprint density at radius 3 is 2.05 bits per heavy atom. The van der Waals surface area contributed by atoms with Gasteiger partial charge in [-0.2, -0.15) is 0 Å². The van der Waals surface area contributed by atoms with Crippen molar-refractivity contribution >= 4 is 46.3 Å². The number of nitrogens with zero attached hydrogens (tertiary/aromatic N) is 1. The van der Waals surface area contributed by atoms with Crippen LogP contribution in [-0.4, -0.2) is 58.2 Å². The van der Waals surface area contributed by atoms with Crippen molar-refractivity contribution in [1.29, 1.82) is 0 Å². The number of anilines is 1. The fraction of sp³-hybridized carbons (Fsp3) is 0.345. The molecule has 10 nitrogen and oxygen atoms in total. The van der Waals surface area contributed by atoms with Crippen molar-refractivity contribution in [2.75, 3.05) is 39.9 Å². The number of hydrogen-bond acceptors (Lipinski definition) is 8. The van der Waals surface area contributed by atoms with E-state index in [2.05, 4.69) is 10.6 Å². The highest BCUT2D eigenvalue weighted by atomic mass is 35.5. The lowest BCUT2D eigenvalue weighted by Gasteiger charge is -2.34. The van der Waals surface area contributed by atoms with Crippen LogP contribution in [0.3, 0.4) is 0 Å². The van der Waals surface area contributed by atoms with Crippen LogP contribution in [0, 0.1) is 0 Å². The molecule has 0 aliphatic rings. The van der Waals surface area contributed by atoms with Gasteiger partial charge in [-0.1, -0.05) is 17.7 Å². The van der Waals surface area contributed by atoms with Gasteiger partial charge in [0.2, 0.25) is 17.6 Å². The number of carbonyl (C=O) groups is 3. The Morgan fingerprint density at radius 1 is 0.927 bits per heavy atom. The smallest absolute Gasteiger partial charge is 0.261 e. The average molecular weight is 604 g/mol. The van der Waals surface area contributed by atoms with Crippen LogP contribution in [0.5, 0.6) is 23.0 Å². The topological polar surface area (TPSA) is 115 Å². The zero-order chi connectivity index (χ0) is 30.3. The van der Waals surface area contributed by atoms with Crippen molar-refractivity contribution in [2.24, 2.45) is 0 Å². The quantitative estimate of drug-likeness (QED) is 0.322. The van der Waals surface area contributed by atoms with E-state index in [1.165, 1.54) is 50.7 Å². The maximum atomic E-state index is 14.0. The maximum absolute atomic E-state index is 14.0. The molecule has 0 saturated heterocycles. The fourth-order valence-electron chi connectivity index (χ4n) is 4.09. The lowest BCUT2D eigenvalue weighted by atomic mass is 9.99. The van der Waals surface area contributed by atoms with Gasteiger partial charge in [0.1, 0.15) is 11.8 Å². The Hall–Kier alpha value is -3.96. The van der Waals surface area contributed by atoms with Gasteiger partial charge in [-0.25, -0.2) is 0 Å². The van der Waals surface area contributed by atoms with E-state index in [1.54, 1.807) is 41.8 Å². The minimum atomic E-state index is -1.24. The van der Waals surface area contributed by atoms with Crippen LogP contribution in [0.15, 0.2) is 47.8 Å². The summed E-state index contributed by atoms with van der Waals surface area (Å²) in [5, 5.41) is 7.60. The molecule has 0 spiro atoms. The summed E-state index contributed by atoms with van der Waals surface area (Å²) >= 11 is 7.70. The first-order valence-corrected chi connectivity index (χ1v) is 13.8. The molecule has 0 radical (unpaired) electrons. The molecule has 12 heteroatoms. The van der Waals surface area contributed by atoms with Crippen LogP contribution >= 0.6 is 22.9 Å². The lowest BCUT2D eigenvalue weighted by Crippen LogP contribution is -2.51. The number of methoxy groups -OCH3 is 4. The zero-order valence-electron chi connectivity index (χ0n) is 24.0. The molecule has 2 aromatic carbocycles. The third kappa shape index (κ3) is 7.62. The van der Waals surface area contributed by atoms with E-state index in [1.807, 2.05) is 20.8 Å². The number of thiophene rings is 1. The fourth-order valence-corrected chi connectivity index (χ4v) is 4.99. The number of hydrogen-bond donors (Lipinski definition) is 2. The highest BCUT2D eigenvalue weighted by Gasteiger charge is 2.36. The second kappa shape index (κ2) is 13.6. The van der Waals surface area contributed by atoms with Crippen LogP contribution in [0.1, 0.15) is 42.0 Å². The summed E-state index contributed by atoms with van der Waals surface area (Å²) in [6.07, 6.45) is 0. The van der Waals surface area contributed by atoms with E-state index in [0.29, 0.717) is 39.1 Å². The van der Waals surface area contributed by atoms with Gasteiger partial charge in [0.15, 0.2) is 11.5 Å². The Kier molecular flexibility index (Phi) is 10.5. The van der Waals surface area contributed by atoms with Crippen LogP contribution in [-0.2, 0) is 9.59 Å². The van der Waals surface area contributed by atoms with E-state index >= 15 is 0 Å². The predicted octanol–water partition coefficient (Wildman–Crippen LogP) is 4.85. The first kappa shape index (κ1) is 31.6. The number of rotatable bonds is 11. The van der Waals surface area contributed by atoms with Gasteiger partial charge in [-0.15, -0.1) is 11.3 Å². The molecule has 0 unspecified atom stereocenters. The van der Waals surface area contributed by atoms with Crippen LogP contribution in [0.2, 0.25) is 5.02 Å². The highest BCUT2D eigenvalue weighted by molar-refractivity contribution is 7.12. The normalized spacial score (nSPS) is 11.7. The largest absolute Gasteiger partial charge is 0.495 e. The third-order valence-electron chi connectivity index (χ3n) is 5.83. The number of nitrogens with one attached hydrogen (secondary N) is 2. The summed E-state index contributed by atoms with van der Waals surface area (Å²) in [5.41, 5.74) is 0.0235. The SMILES string of the molecule is COc1ccc(N(C(=O)CNC(=O)c2cccs2)[C@@H](C(=O)NC(C)(C)C)c2cc(OC)c(OC)c(OC)c2)cc1Cl. The van der Waals surface area contributed by atoms with Gasteiger partial charge in [-0.05, 0) is 68.1 Å². The molecule has 0 aliphatic carbocycles.